The van der Waals surface area contributed by atoms with Gasteiger partial charge in [-0.3, -0.25) is 4.79 Å². The Morgan fingerprint density at radius 2 is 2.50 bits per heavy atom. The van der Waals surface area contributed by atoms with Gasteiger partial charge in [0.05, 0.1) is 7.11 Å². The number of esters is 1. The zero-order chi connectivity index (χ0) is 12.0. The van der Waals surface area contributed by atoms with Crippen molar-refractivity contribution in [3.8, 4) is 0 Å². The zero-order valence-corrected chi connectivity index (χ0v) is 10.6. The lowest BCUT2D eigenvalue weighted by atomic mass is 10.00. The molecule has 90 valence electrons. The number of nitrogens with zero attached hydrogens (tertiary/aromatic N) is 1. The highest BCUT2D eigenvalue weighted by molar-refractivity contribution is 7.99. The number of carbonyl (C=O) groups excluding carboxylic acids is 1. The van der Waals surface area contributed by atoms with Gasteiger partial charge in [-0.2, -0.15) is 0 Å². The van der Waals surface area contributed by atoms with Gasteiger partial charge in [-0.1, -0.05) is 11.8 Å². The predicted molar refractivity (Wildman–Crippen MR) is 63.4 cm³/mol. The van der Waals surface area contributed by atoms with Gasteiger partial charge in [0.25, 0.3) is 0 Å². The van der Waals surface area contributed by atoms with E-state index in [0.717, 1.165) is 10.9 Å². The summed E-state index contributed by atoms with van der Waals surface area (Å²) in [4.78, 5) is 18.6. The average Bonchev–Trinajstić information content (AvgIpc) is 2.80. The van der Waals surface area contributed by atoms with Crippen molar-refractivity contribution < 1.29 is 9.53 Å². The minimum Gasteiger partial charge on any atom is -0.468 e. The smallest absolute Gasteiger partial charge is 0.325 e. The predicted octanol–water partition coefficient (Wildman–Crippen LogP) is 1.04. The van der Waals surface area contributed by atoms with E-state index in [1.165, 1.54) is 7.11 Å². The van der Waals surface area contributed by atoms with Crippen LogP contribution in [-0.2, 0) is 9.53 Å². The molecule has 0 bridgehead atoms. The fraction of sp³-hybridized carbons (Fsp3) is 0.600. The minimum atomic E-state index is -0.631. The summed E-state index contributed by atoms with van der Waals surface area (Å²) in [6.07, 6.45) is 4.17. The number of aromatic amines is 1. The van der Waals surface area contributed by atoms with E-state index in [9.17, 15) is 4.79 Å². The Kier molecular flexibility index (Phi) is 4.82. The largest absolute Gasteiger partial charge is 0.468 e. The molecule has 2 N–H and O–H groups in total. The molecule has 0 fully saturated rings. The van der Waals surface area contributed by atoms with E-state index in [0.29, 0.717) is 6.42 Å². The van der Waals surface area contributed by atoms with Gasteiger partial charge in [0.1, 0.15) is 5.54 Å². The topological polar surface area (TPSA) is 67.0 Å². The first-order valence-corrected chi connectivity index (χ1v) is 6.00. The number of ether oxygens (including phenoxy) is 1. The molecule has 16 heavy (non-hydrogen) atoms. The number of H-pyrrole nitrogens is 1. The van der Waals surface area contributed by atoms with Gasteiger partial charge in [-0.05, 0) is 20.4 Å². The molecule has 0 aliphatic rings. The lowest BCUT2D eigenvalue weighted by Gasteiger charge is -2.25. The van der Waals surface area contributed by atoms with Crippen LogP contribution in [0.2, 0.25) is 0 Å². The van der Waals surface area contributed by atoms with E-state index in [2.05, 4.69) is 15.3 Å². The van der Waals surface area contributed by atoms with Gasteiger partial charge >= 0.3 is 5.97 Å². The molecule has 1 aromatic heterocycles. The molecule has 1 heterocycles. The summed E-state index contributed by atoms with van der Waals surface area (Å²) in [6.45, 7) is 1.83. The Morgan fingerprint density at radius 3 is 3.00 bits per heavy atom. The van der Waals surface area contributed by atoms with E-state index < -0.39 is 5.54 Å². The Bertz CT molecular complexity index is 329. The normalized spacial score (nSPS) is 14.4. The van der Waals surface area contributed by atoms with Crippen molar-refractivity contribution in [1.29, 1.82) is 0 Å². The second-order valence-electron chi connectivity index (χ2n) is 3.57. The molecule has 0 saturated heterocycles. The fourth-order valence-corrected chi connectivity index (χ4v) is 2.23. The van der Waals surface area contributed by atoms with Crippen molar-refractivity contribution >= 4 is 17.7 Å². The van der Waals surface area contributed by atoms with E-state index in [-0.39, 0.29) is 5.97 Å². The Hall–Kier alpha value is -1.01. The molecule has 6 heteroatoms. The number of hydrogen-bond acceptors (Lipinski definition) is 5. The molecule has 0 amide bonds. The number of nitrogens with one attached hydrogen (secondary N) is 2. The SMILES string of the molecule is CNC(C)(CCSc1ncc[nH]1)C(=O)OC. The van der Waals surface area contributed by atoms with E-state index in [1.807, 2.05) is 6.92 Å². The van der Waals surface area contributed by atoms with E-state index in [1.54, 1.807) is 31.2 Å². The summed E-state index contributed by atoms with van der Waals surface area (Å²) in [5, 5.41) is 3.85. The number of likely N-dealkylation sites (N-methyl/N-ethyl adjacent to an activating group) is 1. The molecule has 1 rings (SSSR count). The Labute approximate surface area is 99.4 Å². The van der Waals surface area contributed by atoms with Gasteiger partial charge in [0.15, 0.2) is 5.16 Å². The van der Waals surface area contributed by atoms with Crippen LogP contribution in [-0.4, -0.2) is 41.4 Å². The number of thioether (sulfide) groups is 1. The third kappa shape index (κ3) is 3.24. The zero-order valence-electron chi connectivity index (χ0n) is 9.74. The van der Waals surface area contributed by atoms with Crippen LogP contribution in [0.3, 0.4) is 0 Å². The molecule has 0 radical (unpaired) electrons. The highest BCUT2D eigenvalue weighted by Crippen LogP contribution is 2.19. The molecule has 0 aromatic carbocycles. The van der Waals surface area contributed by atoms with Crippen molar-refractivity contribution in [1.82, 2.24) is 15.3 Å². The first-order valence-electron chi connectivity index (χ1n) is 5.02. The minimum absolute atomic E-state index is 0.241. The summed E-state index contributed by atoms with van der Waals surface area (Å²) in [5.41, 5.74) is -0.631. The molecule has 0 saturated carbocycles. The molecule has 1 atom stereocenters. The standard InChI is InChI=1S/C10H17N3O2S/c1-10(11-2,8(14)15-3)4-7-16-9-12-5-6-13-9/h5-6,11H,4,7H2,1-3H3,(H,12,13). The van der Waals surface area contributed by atoms with Gasteiger partial charge in [0.2, 0.25) is 0 Å². The van der Waals surface area contributed by atoms with Crippen LogP contribution in [0.25, 0.3) is 0 Å². The number of hydrogen-bond donors (Lipinski definition) is 2. The maximum Gasteiger partial charge on any atom is 0.325 e. The summed E-state index contributed by atoms with van der Waals surface area (Å²) < 4.78 is 4.76. The molecule has 0 aliphatic heterocycles. The molecule has 0 spiro atoms. The molecule has 1 aromatic rings. The van der Waals surface area contributed by atoms with E-state index in [4.69, 9.17) is 4.74 Å². The number of methoxy groups -OCH3 is 1. The monoisotopic (exact) mass is 243 g/mol. The lowest BCUT2D eigenvalue weighted by Crippen LogP contribution is -2.48. The van der Waals surface area contributed by atoms with E-state index >= 15 is 0 Å². The Morgan fingerprint density at radius 1 is 1.75 bits per heavy atom. The molecular formula is C10H17N3O2S. The molecule has 5 nitrogen and oxygen atoms in total. The van der Waals surface area contributed by atoms with Gasteiger partial charge in [0, 0.05) is 18.1 Å². The first kappa shape index (κ1) is 13.1. The van der Waals surface area contributed by atoms with Crippen LogP contribution in [0.15, 0.2) is 17.6 Å². The number of carbonyl (C=O) groups is 1. The highest BCUT2D eigenvalue weighted by Gasteiger charge is 2.31. The molecule has 1 unspecified atom stereocenters. The average molecular weight is 243 g/mol. The van der Waals surface area contributed by atoms with Crippen molar-refractivity contribution in [3.63, 3.8) is 0 Å². The quantitative estimate of drug-likeness (QED) is 0.577. The second kappa shape index (κ2) is 5.91. The van der Waals surface area contributed by atoms with Gasteiger partial charge in [-0.15, -0.1) is 0 Å². The lowest BCUT2D eigenvalue weighted by molar-refractivity contribution is -0.147. The van der Waals surface area contributed by atoms with Crippen molar-refractivity contribution in [2.24, 2.45) is 0 Å². The van der Waals surface area contributed by atoms with Gasteiger partial charge in [-0.25, -0.2) is 4.98 Å². The third-order valence-electron chi connectivity index (χ3n) is 2.50. The Balaban J connectivity index is 2.42. The van der Waals surface area contributed by atoms with Crippen molar-refractivity contribution in [3.05, 3.63) is 12.4 Å². The molecule has 0 aliphatic carbocycles. The number of imidazole rings is 1. The maximum absolute atomic E-state index is 11.5. The van der Waals surface area contributed by atoms with Crippen LogP contribution in [0.5, 0.6) is 0 Å². The number of aromatic nitrogens is 2. The summed E-state index contributed by atoms with van der Waals surface area (Å²) in [6, 6.07) is 0. The van der Waals surface area contributed by atoms with Crippen molar-refractivity contribution in [2.45, 2.75) is 24.0 Å². The van der Waals surface area contributed by atoms with Gasteiger partial charge < -0.3 is 15.0 Å². The highest BCUT2D eigenvalue weighted by atomic mass is 32.2. The van der Waals surface area contributed by atoms with Crippen LogP contribution < -0.4 is 5.32 Å². The second-order valence-corrected chi connectivity index (χ2v) is 4.65. The van der Waals surface area contributed by atoms with Crippen LogP contribution in [0.4, 0.5) is 0 Å². The fourth-order valence-electron chi connectivity index (χ4n) is 1.24. The van der Waals surface area contributed by atoms with Crippen LogP contribution in [0.1, 0.15) is 13.3 Å². The van der Waals surface area contributed by atoms with Crippen LogP contribution in [0, 0.1) is 0 Å². The maximum atomic E-state index is 11.5. The summed E-state index contributed by atoms with van der Waals surface area (Å²) in [5.74, 6) is 0.551. The van der Waals surface area contributed by atoms with Crippen LogP contribution >= 0.6 is 11.8 Å². The summed E-state index contributed by atoms with van der Waals surface area (Å²) in [7, 11) is 3.16. The first-order chi connectivity index (χ1) is 7.62. The summed E-state index contributed by atoms with van der Waals surface area (Å²) >= 11 is 1.58. The molecular weight excluding hydrogens is 226 g/mol. The van der Waals surface area contributed by atoms with Crippen molar-refractivity contribution in [2.75, 3.05) is 19.9 Å². The number of rotatable bonds is 6. The third-order valence-corrected chi connectivity index (χ3v) is 3.41.